The van der Waals surface area contributed by atoms with Gasteiger partial charge in [0.25, 0.3) is 0 Å². The van der Waals surface area contributed by atoms with Gasteiger partial charge in [0.2, 0.25) is 11.8 Å². The quantitative estimate of drug-likeness (QED) is 0.576. The smallest absolute Gasteiger partial charge is 0.355 e. The van der Waals surface area contributed by atoms with Crippen LogP contribution < -0.4 is 10.6 Å². The van der Waals surface area contributed by atoms with Gasteiger partial charge in [-0.1, -0.05) is 12.1 Å². The van der Waals surface area contributed by atoms with E-state index in [9.17, 15) is 27.2 Å². The Balaban J connectivity index is 1.54. The van der Waals surface area contributed by atoms with Gasteiger partial charge in [-0.3, -0.25) is 9.59 Å². The molecule has 0 aliphatic heterocycles. The Labute approximate surface area is 158 Å². The van der Waals surface area contributed by atoms with E-state index < -0.39 is 29.0 Å². The number of alkyl halides is 3. The fraction of sp³-hybridized carbons (Fsp3) is 0.300. The fourth-order valence-electron chi connectivity index (χ4n) is 2.82. The number of nitrogens with one attached hydrogen (secondary N) is 2. The second kappa shape index (κ2) is 7.61. The molecule has 0 bridgehead atoms. The van der Waals surface area contributed by atoms with Crippen LogP contribution in [0.1, 0.15) is 24.0 Å². The van der Waals surface area contributed by atoms with E-state index in [2.05, 4.69) is 10.6 Å². The number of anilines is 1. The van der Waals surface area contributed by atoms with Crippen molar-refractivity contribution in [1.82, 2.24) is 5.32 Å². The maximum absolute atomic E-state index is 12.9. The van der Waals surface area contributed by atoms with Gasteiger partial charge < -0.3 is 10.6 Å². The maximum Gasteiger partial charge on any atom is 0.416 e. The summed E-state index contributed by atoms with van der Waals surface area (Å²) in [6, 6.07) is 9.95. The Morgan fingerprint density at radius 1 is 0.929 bits per heavy atom. The summed E-state index contributed by atoms with van der Waals surface area (Å²) in [5.41, 5.74) is -0.958. The standard InChI is InChI=1S/C20H18F4N2O2/c21-15-5-1-13(2-6-15)9-12-25-17(27)19(10-11-19)18(28)26-16-7-3-14(4-8-16)20(22,23)24/h1-8H,9-12H2,(H,25,27)(H,26,28). The average molecular weight is 394 g/mol. The summed E-state index contributed by atoms with van der Waals surface area (Å²) in [6.45, 7) is 0.291. The lowest BCUT2D eigenvalue weighted by molar-refractivity contribution is -0.137. The van der Waals surface area contributed by atoms with Crippen molar-refractivity contribution in [1.29, 1.82) is 0 Å². The minimum atomic E-state index is -4.45. The van der Waals surface area contributed by atoms with Crippen LogP contribution in [0, 0.1) is 11.2 Å². The molecule has 0 atom stereocenters. The second-order valence-corrected chi connectivity index (χ2v) is 6.74. The van der Waals surface area contributed by atoms with Gasteiger partial charge in [-0.15, -0.1) is 0 Å². The first kappa shape index (κ1) is 19.9. The zero-order chi connectivity index (χ0) is 20.4. The lowest BCUT2D eigenvalue weighted by Gasteiger charge is -2.16. The molecular weight excluding hydrogens is 376 g/mol. The molecule has 0 spiro atoms. The third kappa shape index (κ3) is 4.49. The van der Waals surface area contributed by atoms with Gasteiger partial charge >= 0.3 is 6.18 Å². The predicted octanol–water partition coefficient (Wildman–Crippen LogP) is 3.92. The Bertz CT molecular complexity index is 857. The Kier molecular flexibility index (Phi) is 5.40. The second-order valence-electron chi connectivity index (χ2n) is 6.74. The van der Waals surface area contributed by atoms with Gasteiger partial charge in [0.15, 0.2) is 0 Å². The number of hydrogen-bond donors (Lipinski definition) is 2. The number of carbonyl (C=O) groups excluding carboxylic acids is 2. The van der Waals surface area contributed by atoms with Gasteiger partial charge in [-0.05, 0) is 61.2 Å². The first-order chi connectivity index (χ1) is 13.2. The van der Waals surface area contributed by atoms with Crippen LogP contribution in [0.15, 0.2) is 48.5 Å². The van der Waals surface area contributed by atoms with E-state index in [4.69, 9.17) is 0 Å². The number of carbonyl (C=O) groups is 2. The lowest BCUT2D eigenvalue weighted by Crippen LogP contribution is -2.40. The molecule has 28 heavy (non-hydrogen) atoms. The van der Waals surface area contributed by atoms with E-state index in [1.807, 2.05) is 0 Å². The number of hydrogen-bond acceptors (Lipinski definition) is 2. The van der Waals surface area contributed by atoms with Crippen molar-refractivity contribution < 1.29 is 27.2 Å². The number of amides is 2. The van der Waals surface area contributed by atoms with Crippen LogP contribution in [0.2, 0.25) is 0 Å². The molecule has 148 valence electrons. The van der Waals surface area contributed by atoms with Gasteiger partial charge in [0.05, 0.1) is 5.56 Å². The molecule has 2 N–H and O–H groups in total. The molecule has 3 rings (SSSR count). The van der Waals surface area contributed by atoms with Crippen molar-refractivity contribution in [3.8, 4) is 0 Å². The molecule has 1 fully saturated rings. The highest BCUT2D eigenvalue weighted by molar-refractivity contribution is 6.13. The molecule has 1 aliphatic rings. The number of rotatable bonds is 6. The normalized spacial score (nSPS) is 15.0. The highest BCUT2D eigenvalue weighted by Gasteiger charge is 2.56. The number of benzene rings is 2. The number of halogens is 4. The van der Waals surface area contributed by atoms with E-state index in [1.165, 1.54) is 12.1 Å². The molecule has 0 saturated heterocycles. The SMILES string of the molecule is O=C(NCCc1ccc(F)cc1)C1(C(=O)Nc2ccc(C(F)(F)F)cc2)CC1. The monoisotopic (exact) mass is 394 g/mol. The van der Waals surface area contributed by atoms with Crippen LogP contribution in [0.5, 0.6) is 0 Å². The largest absolute Gasteiger partial charge is 0.416 e. The van der Waals surface area contributed by atoms with Crippen molar-refractivity contribution >= 4 is 17.5 Å². The summed E-state index contributed by atoms with van der Waals surface area (Å²) in [5.74, 6) is -1.30. The van der Waals surface area contributed by atoms with E-state index in [0.717, 1.165) is 29.8 Å². The summed E-state index contributed by atoms with van der Waals surface area (Å²) in [6.07, 6.45) is -3.21. The first-order valence-corrected chi connectivity index (χ1v) is 8.72. The molecule has 2 aromatic carbocycles. The molecular formula is C20H18F4N2O2. The minimum Gasteiger partial charge on any atom is -0.355 e. The lowest BCUT2D eigenvalue weighted by atomic mass is 10.0. The van der Waals surface area contributed by atoms with Crippen LogP contribution in [0.3, 0.4) is 0 Å². The molecule has 0 radical (unpaired) electrons. The van der Waals surface area contributed by atoms with Crippen LogP contribution in [-0.4, -0.2) is 18.4 Å². The summed E-state index contributed by atoms with van der Waals surface area (Å²) >= 11 is 0. The minimum absolute atomic E-state index is 0.198. The van der Waals surface area contributed by atoms with Crippen molar-refractivity contribution in [3.05, 3.63) is 65.5 Å². The molecule has 0 unspecified atom stereocenters. The van der Waals surface area contributed by atoms with Crippen LogP contribution in [-0.2, 0) is 22.2 Å². The van der Waals surface area contributed by atoms with E-state index in [1.54, 1.807) is 12.1 Å². The summed E-state index contributed by atoms with van der Waals surface area (Å²) in [7, 11) is 0. The first-order valence-electron chi connectivity index (χ1n) is 8.72. The van der Waals surface area contributed by atoms with Crippen LogP contribution in [0.25, 0.3) is 0 Å². The fourth-order valence-corrected chi connectivity index (χ4v) is 2.82. The summed E-state index contributed by atoms with van der Waals surface area (Å²) < 4.78 is 50.6. The van der Waals surface area contributed by atoms with Gasteiger partial charge in [-0.25, -0.2) is 4.39 Å². The molecule has 8 heteroatoms. The van der Waals surface area contributed by atoms with Crippen molar-refractivity contribution in [3.63, 3.8) is 0 Å². The highest BCUT2D eigenvalue weighted by atomic mass is 19.4. The molecule has 1 saturated carbocycles. The Hall–Kier alpha value is -2.90. The predicted molar refractivity (Wildman–Crippen MR) is 94.9 cm³/mol. The van der Waals surface area contributed by atoms with Crippen LogP contribution >= 0.6 is 0 Å². The highest BCUT2D eigenvalue weighted by Crippen LogP contribution is 2.46. The summed E-state index contributed by atoms with van der Waals surface area (Å²) in [4.78, 5) is 24.9. The van der Waals surface area contributed by atoms with Crippen molar-refractivity contribution in [2.45, 2.75) is 25.4 Å². The molecule has 0 heterocycles. The molecule has 1 aliphatic carbocycles. The third-order valence-electron chi connectivity index (χ3n) is 4.70. The topological polar surface area (TPSA) is 58.2 Å². The zero-order valence-electron chi connectivity index (χ0n) is 14.8. The van der Waals surface area contributed by atoms with Gasteiger partial charge in [0.1, 0.15) is 11.2 Å². The zero-order valence-corrected chi connectivity index (χ0v) is 14.8. The maximum atomic E-state index is 12.9. The summed E-state index contributed by atoms with van der Waals surface area (Å²) in [5, 5.41) is 5.21. The average Bonchev–Trinajstić information content (AvgIpc) is 3.45. The van der Waals surface area contributed by atoms with Crippen molar-refractivity contribution in [2.75, 3.05) is 11.9 Å². The molecule has 0 aromatic heterocycles. The Morgan fingerprint density at radius 3 is 2.07 bits per heavy atom. The van der Waals surface area contributed by atoms with Gasteiger partial charge in [0, 0.05) is 12.2 Å². The van der Waals surface area contributed by atoms with E-state index in [-0.39, 0.29) is 11.5 Å². The third-order valence-corrected chi connectivity index (χ3v) is 4.70. The van der Waals surface area contributed by atoms with E-state index in [0.29, 0.717) is 25.8 Å². The Morgan fingerprint density at radius 2 is 1.54 bits per heavy atom. The van der Waals surface area contributed by atoms with Gasteiger partial charge in [-0.2, -0.15) is 13.2 Å². The molecule has 2 aromatic rings. The van der Waals surface area contributed by atoms with E-state index >= 15 is 0 Å². The molecule has 4 nitrogen and oxygen atoms in total. The van der Waals surface area contributed by atoms with Crippen molar-refractivity contribution in [2.24, 2.45) is 5.41 Å². The molecule has 2 amide bonds. The van der Waals surface area contributed by atoms with Crippen LogP contribution in [0.4, 0.5) is 23.2 Å².